The molecule has 0 aliphatic carbocycles. The lowest BCUT2D eigenvalue weighted by atomic mass is 10.0. The summed E-state index contributed by atoms with van der Waals surface area (Å²) in [5.41, 5.74) is 6.79. The Bertz CT molecular complexity index is 2300. The SMILES string of the molecule is C=CC(=O)OCCCCCCCCCCCOc1ccccc1.CCCCCCCCOc1cc(N)c(-c2ccc(C(=O)OCCCCCCOC(=O)c3cc(C(=O)O)ccc3C(=O)O)cc2)cc1[N+](=O)[O-]. The van der Waals surface area contributed by atoms with E-state index in [-0.39, 0.29) is 47.3 Å². The molecule has 0 aromatic heterocycles. The van der Waals surface area contributed by atoms with Crippen LogP contribution in [0.3, 0.4) is 0 Å². The number of nitro groups is 1. The second-order valence-corrected chi connectivity index (χ2v) is 17.1. The Kier molecular flexibility index (Phi) is 28.7. The van der Waals surface area contributed by atoms with Gasteiger partial charge in [0.25, 0.3) is 0 Å². The van der Waals surface area contributed by atoms with Gasteiger partial charge >= 0.3 is 35.5 Å². The van der Waals surface area contributed by atoms with Crippen molar-refractivity contribution in [2.24, 2.45) is 0 Å². The fraction of sp³-hybridized carbons (Fsp3) is 0.446. The number of para-hydroxylation sites is 1. The summed E-state index contributed by atoms with van der Waals surface area (Å²) in [6.45, 7) is 7.38. The van der Waals surface area contributed by atoms with Gasteiger partial charge in [-0.25, -0.2) is 24.0 Å². The van der Waals surface area contributed by atoms with E-state index in [0.29, 0.717) is 61.3 Å². The minimum absolute atomic E-state index is 0.00391. The van der Waals surface area contributed by atoms with Crippen molar-refractivity contribution in [3.63, 3.8) is 0 Å². The highest BCUT2D eigenvalue weighted by Crippen LogP contribution is 2.37. The molecule has 0 atom stereocenters. The fourth-order valence-electron chi connectivity index (χ4n) is 7.40. The average Bonchev–Trinajstić information content (AvgIpc) is 3.38. The molecule has 16 heteroatoms. The number of nitro benzene ring substituents is 1. The van der Waals surface area contributed by atoms with Crippen molar-refractivity contribution in [3.8, 4) is 22.6 Å². The molecule has 4 aromatic rings. The van der Waals surface area contributed by atoms with Crippen LogP contribution in [0.1, 0.15) is 170 Å². The van der Waals surface area contributed by atoms with Gasteiger partial charge in [-0.3, -0.25) is 10.1 Å². The highest BCUT2D eigenvalue weighted by atomic mass is 16.6. The van der Waals surface area contributed by atoms with E-state index < -0.39 is 28.8 Å². The second kappa shape index (κ2) is 35.0. The zero-order valence-electron chi connectivity index (χ0n) is 41.7. The summed E-state index contributed by atoms with van der Waals surface area (Å²) < 4.78 is 26.8. The van der Waals surface area contributed by atoms with Crippen LogP contribution in [0, 0.1) is 10.1 Å². The highest BCUT2D eigenvalue weighted by molar-refractivity contribution is 6.04. The molecule has 0 saturated carbocycles. The maximum Gasteiger partial charge on any atom is 0.339 e. The average molecular weight is 997 g/mol. The highest BCUT2D eigenvalue weighted by Gasteiger charge is 2.22. The monoisotopic (exact) mass is 996 g/mol. The van der Waals surface area contributed by atoms with E-state index in [1.54, 1.807) is 24.3 Å². The molecule has 4 N–H and O–H groups in total. The third-order valence-electron chi connectivity index (χ3n) is 11.4. The van der Waals surface area contributed by atoms with Crippen LogP contribution in [0.5, 0.6) is 11.5 Å². The minimum Gasteiger partial charge on any atom is -0.494 e. The number of nitrogens with two attached hydrogens (primary N) is 1. The van der Waals surface area contributed by atoms with Crippen molar-refractivity contribution >= 4 is 41.2 Å². The van der Waals surface area contributed by atoms with E-state index in [0.717, 1.165) is 81.9 Å². The number of carbonyl (C=O) groups excluding carboxylic acids is 3. The van der Waals surface area contributed by atoms with Crippen molar-refractivity contribution in [1.29, 1.82) is 0 Å². The normalized spacial score (nSPS) is 10.6. The number of hydrogen-bond acceptors (Lipinski definition) is 13. The van der Waals surface area contributed by atoms with Crippen LogP contribution in [0.4, 0.5) is 11.4 Å². The van der Waals surface area contributed by atoms with E-state index in [4.69, 9.17) is 34.5 Å². The summed E-state index contributed by atoms with van der Waals surface area (Å²) in [6, 6.07) is 22.4. The molecule has 0 bridgehead atoms. The fourth-order valence-corrected chi connectivity index (χ4v) is 7.40. The first kappa shape index (κ1) is 59.1. The number of benzene rings is 4. The molecule has 0 unspecified atom stereocenters. The molecule has 4 rings (SSSR count). The maximum atomic E-state index is 12.5. The van der Waals surface area contributed by atoms with Crippen LogP contribution >= 0.6 is 0 Å². The molecule has 16 nitrogen and oxygen atoms in total. The second-order valence-electron chi connectivity index (χ2n) is 17.1. The van der Waals surface area contributed by atoms with Crippen LogP contribution in [-0.4, -0.2) is 78.0 Å². The Balaban J connectivity index is 0.000000497. The summed E-state index contributed by atoms with van der Waals surface area (Å²) in [6.07, 6.45) is 20.8. The van der Waals surface area contributed by atoms with Crippen molar-refractivity contribution in [2.45, 2.75) is 129 Å². The van der Waals surface area contributed by atoms with Gasteiger partial charge in [-0.15, -0.1) is 0 Å². The Labute approximate surface area is 423 Å². The smallest absolute Gasteiger partial charge is 0.339 e. The van der Waals surface area contributed by atoms with Gasteiger partial charge in [0.2, 0.25) is 0 Å². The molecular weight excluding hydrogens is 925 g/mol. The summed E-state index contributed by atoms with van der Waals surface area (Å²) in [5.74, 6) is -3.36. The Hall–Kier alpha value is -7.23. The van der Waals surface area contributed by atoms with E-state index in [2.05, 4.69) is 13.5 Å². The van der Waals surface area contributed by atoms with Gasteiger partial charge < -0.3 is 39.6 Å². The van der Waals surface area contributed by atoms with Gasteiger partial charge in [-0.1, -0.05) is 121 Å². The molecule has 0 aliphatic heterocycles. The van der Waals surface area contributed by atoms with Crippen molar-refractivity contribution in [1.82, 2.24) is 0 Å². The zero-order valence-corrected chi connectivity index (χ0v) is 41.7. The Morgan fingerprint density at radius 1 is 0.569 bits per heavy atom. The molecule has 0 radical (unpaired) electrons. The Morgan fingerprint density at radius 2 is 1.07 bits per heavy atom. The third-order valence-corrected chi connectivity index (χ3v) is 11.4. The number of aromatic carboxylic acids is 2. The van der Waals surface area contributed by atoms with Gasteiger partial charge in [0.15, 0.2) is 5.75 Å². The number of nitrogens with zero attached hydrogens (tertiary/aromatic N) is 1. The number of nitrogen functional groups attached to an aromatic ring is 1. The number of unbranched alkanes of at least 4 members (excludes halogenated alkanes) is 16. The molecule has 0 amide bonds. The predicted molar refractivity (Wildman–Crippen MR) is 276 cm³/mol. The number of rotatable bonds is 35. The zero-order chi connectivity index (χ0) is 52.4. The van der Waals surface area contributed by atoms with Crippen molar-refractivity contribution in [3.05, 3.63) is 130 Å². The summed E-state index contributed by atoms with van der Waals surface area (Å²) in [4.78, 5) is 69.6. The van der Waals surface area contributed by atoms with E-state index in [1.807, 2.05) is 30.3 Å². The maximum absolute atomic E-state index is 12.5. The number of anilines is 1. The predicted octanol–water partition coefficient (Wildman–Crippen LogP) is 12.9. The first-order chi connectivity index (χ1) is 34.9. The number of carbonyl (C=O) groups is 5. The van der Waals surface area contributed by atoms with Crippen LogP contribution in [0.25, 0.3) is 11.1 Å². The van der Waals surface area contributed by atoms with Gasteiger partial charge in [0.05, 0.1) is 60.2 Å². The molecule has 0 saturated heterocycles. The van der Waals surface area contributed by atoms with Gasteiger partial charge in [-0.2, -0.15) is 0 Å². The summed E-state index contributed by atoms with van der Waals surface area (Å²) in [5, 5.41) is 30.2. The van der Waals surface area contributed by atoms with E-state index >= 15 is 0 Å². The number of ether oxygens (including phenoxy) is 5. The van der Waals surface area contributed by atoms with Crippen LogP contribution < -0.4 is 15.2 Å². The first-order valence-electron chi connectivity index (χ1n) is 25.1. The third kappa shape index (κ3) is 23.1. The summed E-state index contributed by atoms with van der Waals surface area (Å²) in [7, 11) is 0. The molecule has 0 aliphatic rings. The minimum atomic E-state index is -1.38. The van der Waals surface area contributed by atoms with Crippen molar-refractivity contribution in [2.75, 3.05) is 38.8 Å². The number of esters is 3. The lowest BCUT2D eigenvalue weighted by Crippen LogP contribution is -2.14. The largest absolute Gasteiger partial charge is 0.494 e. The standard InChI is InChI=1S/C36H42N2O11.C20H30O3/c1-2-3-4-5-6-9-18-47-32-23-30(37)28(22-31(32)38(45)46)24-12-14-25(15-13-24)35(43)48-19-10-7-8-11-20-49-36(44)29-21-26(33(39)40)16-17-27(29)34(41)42;1-2-20(21)23-18-14-9-7-5-3-4-6-8-13-17-22-19-15-11-10-12-16-19/h12-17,21-23H,2-11,18-20,37H2,1H3,(H,39,40)(H,41,42);2,10-12,15-16H,1,3-9,13-14,17-18H2. The van der Waals surface area contributed by atoms with Crippen LogP contribution in [0.15, 0.2) is 97.6 Å². The van der Waals surface area contributed by atoms with Crippen LogP contribution in [-0.2, 0) is 19.0 Å². The van der Waals surface area contributed by atoms with Gasteiger partial charge in [0, 0.05) is 29.5 Å². The van der Waals surface area contributed by atoms with Gasteiger partial charge in [-0.05, 0) is 93.0 Å². The summed E-state index contributed by atoms with van der Waals surface area (Å²) >= 11 is 0. The molecule has 72 heavy (non-hydrogen) atoms. The molecule has 0 fully saturated rings. The number of hydrogen-bond donors (Lipinski definition) is 3. The van der Waals surface area contributed by atoms with Crippen LogP contribution in [0.2, 0.25) is 0 Å². The number of carboxylic acid groups (broad SMARTS) is 2. The lowest BCUT2D eigenvalue weighted by molar-refractivity contribution is -0.385. The molecule has 4 aromatic carbocycles. The number of carboxylic acids is 2. The topological polar surface area (TPSA) is 241 Å². The quantitative estimate of drug-likeness (QED) is 0.00738. The lowest BCUT2D eigenvalue weighted by Gasteiger charge is -2.12. The molecular formula is C56H72N2O14. The Morgan fingerprint density at radius 3 is 1.60 bits per heavy atom. The van der Waals surface area contributed by atoms with Gasteiger partial charge in [0.1, 0.15) is 5.75 Å². The van der Waals surface area contributed by atoms with Crippen molar-refractivity contribution < 1.29 is 62.8 Å². The molecule has 0 heterocycles. The first-order valence-corrected chi connectivity index (χ1v) is 25.1. The molecule has 390 valence electrons. The van der Waals surface area contributed by atoms with E-state index in [9.17, 15) is 39.2 Å². The van der Waals surface area contributed by atoms with E-state index in [1.165, 1.54) is 63.2 Å². The molecule has 0 spiro atoms.